The van der Waals surface area contributed by atoms with Gasteiger partial charge in [0.2, 0.25) is 11.6 Å². The number of aromatic nitrogens is 2. The van der Waals surface area contributed by atoms with Crippen LogP contribution in [0.25, 0.3) is 0 Å². The van der Waals surface area contributed by atoms with E-state index >= 15 is 0 Å². The summed E-state index contributed by atoms with van der Waals surface area (Å²) in [4.78, 5) is 24.1. The van der Waals surface area contributed by atoms with Gasteiger partial charge >= 0.3 is 5.69 Å². The standard InChI is InChI=1S/C21H22N6O3/c1-30-18-9-5-6-16(14-18)24-20-19(27(28)29)21(23-15-22-20)26-12-10-25(11-13-26)17-7-3-2-4-8-17/h2-9,14-15H,10-13H2,1H3,(H,22,23,24). The lowest BCUT2D eigenvalue weighted by Gasteiger charge is -2.36. The Kier molecular flexibility index (Phi) is 5.60. The fraction of sp³-hybridized carbons (Fsp3) is 0.238. The van der Waals surface area contributed by atoms with Gasteiger partial charge in [-0.2, -0.15) is 0 Å². The molecule has 1 aromatic heterocycles. The smallest absolute Gasteiger partial charge is 0.353 e. The van der Waals surface area contributed by atoms with Crippen LogP contribution in [-0.2, 0) is 0 Å². The van der Waals surface area contributed by atoms with E-state index in [0.717, 1.165) is 18.8 Å². The molecule has 4 rings (SSSR count). The van der Waals surface area contributed by atoms with Crippen molar-refractivity contribution in [1.82, 2.24) is 9.97 Å². The predicted octanol–water partition coefficient (Wildman–Crippen LogP) is 3.46. The minimum atomic E-state index is -0.429. The van der Waals surface area contributed by atoms with Crippen molar-refractivity contribution in [2.75, 3.05) is 48.4 Å². The summed E-state index contributed by atoms with van der Waals surface area (Å²) in [6, 6.07) is 17.3. The topological polar surface area (TPSA) is 96.7 Å². The fourth-order valence-corrected chi connectivity index (χ4v) is 3.51. The number of methoxy groups -OCH3 is 1. The molecule has 9 heteroatoms. The Labute approximate surface area is 174 Å². The second kappa shape index (κ2) is 8.64. The summed E-state index contributed by atoms with van der Waals surface area (Å²) >= 11 is 0. The van der Waals surface area contributed by atoms with Gasteiger partial charge in [-0.3, -0.25) is 10.1 Å². The first kappa shape index (κ1) is 19.4. The van der Waals surface area contributed by atoms with Crippen molar-refractivity contribution in [2.24, 2.45) is 0 Å². The van der Waals surface area contributed by atoms with Crippen LogP contribution in [0.5, 0.6) is 5.75 Å². The molecule has 1 aliphatic heterocycles. The zero-order valence-electron chi connectivity index (χ0n) is 16.6. The molecule has 0 radical (unpaired) electrons. The molecule has 0 amide bonds. The number of hydrogen-bond donors (Lipinski definition) is 1. The van der Waals surface area contributed by atoms with E-state index in [1.54, 1.807) is 31.4 Å². The first-order valence-electron chi connectivity index (χ1n) is 9.61. The van der Waals surface area contributed by atoms with Gasteiger partial charge in [0.1, 0.15) is 12.1 Å². The van der Waals surface area contributed by atoms with Gasteiger partial charge in [0.25, 0.3) is 0 Å². The summed E-state index contributed by atoms with van der Waals surface area (Å²) in [5.41, 5.74) is 1.67. The van der Waals surface area contributed by atoms with Gasteiger partial charge in [-0.15, -0.1) is 0 Å². The number of anilines is 4. The van der Waals surface area contributed by atoms with Crippen LogP contribution in [0.2, 0.25) is 0 Å². The average molecular weight is 406 g/mol. The van der Waals surface area contributed by atoms with Crippen LogP contribution < -0.4 is 19.9 Å². The molecule has 1 saturated heterocycles. The number of nitrogens with one attached hydrogen (secondary N) is 1. The van der Waals surface area contributed by atoms with Gasteiger partial charge in [0.05, 0.1) is 12.0 Å². The number of nitrogens with zero attached hydrogens (tertiary/aromatic N) is 5. The van der Waals surface area contributed by atoms with E-state index in [0.29, 0.717) is 30.3 Å². The highest BCUT2D eigenvalue weighted by Crippen LogP contribution is 2.34. The molecular formula is C21H22N6O3. The molecule has 0 aliphatic carbocycles. The van der Waals surface area contributed by atoms with Gasteiger partial charge < -0.3 is 19.9 Å². The molecule has 0 unspecified atom stereocenters. The van der Waals surface area contributed by atoms with Gasteiger partial charge in [-0.25, -0.2) is 9.97 Å². The molecule has 0 spiro atoms. The van der Waals surface area contributed by atoms with E-state index in [2.05, 4.69) is 32.3 Å². The zero-order valence-corrected chi connectivity index (χ0v) is 16.6. The highest BCUT2D eigenvalue weighted by molar-refractivity contribution is 5.75. The van der Waals surface area contributed by atoms with Crippen LogP contribution in [0, 0.1) is 10.1 Å². The van der Waals surface area contributed by atoms with Crippen molar-refractivity contribution < 1.29 is 9.66 Å². The molecule has 1 N–H and O–H groups in total. The van der Waals surface area contributed by atoms with Crippen molar-refractivity contribution in [1.29, 1.82) is 0 Å². The monoisotopic (exact) mass is 406 g/mol. The van der Waals surface area contributed by atoms with E-state index in [9.17, 15) is 10.1 Å². The van der Waals surface area contributed by atoms with E-state index in [1.165, 1.54) is 6.33 Å². The maximum Gasteiger partial charge on any atom is 0.353 e. The molecule has 1 aliphatic rings. The summed E-state index contributed by atoms with van der Waals surface area (Å²) in [7, 11) is 1.57. The van der Waals surface area contributed by atoms with Gasteiger partial charge in [0.15, 0.2) is 0 Å². The highest BCUT2D eigenvalue weighted by Gasteiger charge is 2.29. The number of ether oxygens (including phenoxy) is 1. The predicted molar refractivity (Wildman–Crippen MR) is 116 cm³/mol. The molecular weight excluding hydrogens is 384 g/mol. The third kappa shape index (κ3) is 4.09. The van der Waals surface area contributed by atoms with E-state index in [-0.39, 0.29) is 11.5 Å². The van der Waals surface area contributed by atoms with E-state index in [4.69, 9.17) is 4.74 Å². The maximum absolute atomic E-state index is 11.9. The first-order valence-corrected chi connectivity index (χ1v) is 9.61. The van der Waals surface area contributed by atoms with Crippen molar-refractivity contribution in [3.05, 3.63) is 71.0 Å². The van der Waals surface area contributed by atoms with Crippen LogP contribution in [-0.4, -0.2) is 48.2 Å². The van der Waals surface area contributed by atoms with Crippen LogP contribution in [0.3, 0.4) is 0 Å². The highest BCUT2D eigenvalue weighted by atomic mass is 16.6. The molecule has 154 valence electrons. The minimum absolute atomic E-state index is 0.131. The Hall–Kier alpha value is -3.88. The SMILES string of the molecule is COc1cccc(Nc2ncnc(N3CCN(c4ccccc4)CC3)c2[N+](=O)[O-])c1. The van der Waals surface area contributed by atoms with Crippen molar-refractivity contribution in [2.45, 2.75) is 0 Å². The van der Waals surface area contributed by atoms with Crippen LogP contribution in [0.4, 0.5) is 28.7 Å². The number of hydrogen-bond acceptors (Lipinski definition) is 8. The molecule has 3 aromatic rings. The van der Waals surface area contributed by atoms with Crippen LogP contribution in [0.1, 0.15) is 0 Å². The molecule has 0 saturated carbocycles. The number of nitro groups is 1. The molecule has 2 aromatic carbocycles. The fourth-order valence-electron chi connectivity index (χ4n) is 3.51. The number of para-hydroxylation sites is 1. The lowest BCUT2D eigenvalue weighted by Crippen LogP contribution is -2.47. The van der Waals surface area contributed by atoms with Crippen LogP contribution >= 0.6 is 0 Å². The first-order chi connectivity index (χ1) is 14.7. The van der Waals surface area contributed by atoms with E-state index < -0.39 is 4.92 Å². The third-order valence-electron chi connectivity index (χ3n) is 5.02. The lowest BCUT2D eigenvalue weighted by atomic mass is 10.2. The summed E-state index contributed by atoms with van der Waals surface area (Å²) in [6.07, 6.45) is 1.36. The van der Waals surface area contributed by atoms with Gasteiger partial charge in [-0.1, -0.05) is 24.3 Å². The minimum Gasteiger partial charge on any atom is -0.497 e. The Bertz CT molecular complexity index is 1020. The quantitative estimate of drug-likeness (QED) is 0.491. The lowest BCUT2D eigenvalue weighted by molar-refractivity contribution is -0.383. The summed E-state index contributed by atoms with van der Waals surface area (Å²) in [6.45, 7) is 2.77. The van der Waals surface area contributed by atoms with Crippen LogP contribution in [0.15, 0.2) is 60.9 Å². The van der Waals surface area contributed by atoms with E-state index in [1.807, 2.05) is 23.1 Å². The van der Waals surface area contributed by atoms with Crippen molar-refractivity contribution in [3.63, 3.8) is 0 Å². The van der Waals surface area contributed by atoms with Gasteiger partial charge in [-0.05, 0) is 24.3 Å². The number of rotatable bonds is 6. The molecule has 0 atom stereocenters. The zero-order chi connectivity index (χ0) is 20.9. The average Bonchev–Trinajstić information content (AvgIpc) is 2.79. The Morgan fingerprint density at radius 1 is 1.00 bits per heavy atom. The van der Waals surface area contributed by atoms with Crippen molar-refractivity contribution in [3.8, 4) is 5.75 Å². The second-order valence-electron chi connectivity index (χ2n) is 6.82. The third-order valence-corrected chi connectivity index (χ3v) is 5.02. The normalized spacial score (nSPS) is 13.8. The Morgan fingerprint density at radius 3 is 2.43 bits per heavy atom. The second-order valence-corrected chi connectivity index (χ2v) is 6.82. The van der Waals surface area contributed by atoms with Crippen molar-refractivity contribution >= 4 is 28.7 Å². The largest absolute Gasteiger partial charge is 0.497 e. The maximum atomic E-state index is 11.9. The van der Waals surface area contributed by atoms with Gasteiger partial charge in [0, 0.05) is 43.6 Å². The Morgan fingerprint density at radius 2 is 1.73 bits per heavy atom. The molecule has 1 fully saturated rings. The molecule has 0 bridgehead atoms. The molecule has 30 heavy (non-hydrogen) atoms. The number of piperazine rings is 1. The summed E-state index contributed by atoms with van der Waals surface area (Å²) in [5.74, 6) is 1.13. The summed E-state index contributed by atoms with van der Waals surface area (Å²) in [5, 5.41) is 14.9. The molecule has 9 nitrogen and oxygen atoms in total. The summed E-state index contributed by atoms with van der Waals surface area (Å²) < 4.78 is 5.22. The molecule has 2 heterocycles. The Balaban J connectivity index is 1.57. The number of benzene rings is 2.